The molecular formula is C22H25N5O2. The number of aromatic amines is 1. The maximum atomic E-state index is 12.9. The second kappa shape index (κ2) is 9.14. The molecule has 0 bridgehead atoms. The van der Waals surface area contributed by atoms with E-state index >= 15 is 0 Å². The van der Waals surface area contributed by atoms with Crippen molar-refractivity contribution in [2.24, 2.45) is 5.92 Å². The summed E-state index contributed by atoms with van der Waals surface area (Å²) in [6.07, 6.45) is 0.760. The Labute approximate surface area is 170 Å². The number of anilines is 1. The number of nitrogens with one attached hydrogen (secondary N) is 3. The lowest BCUT2D eigenvalue weighted by atomic mass is 9.97. The third-order valence-corrected chi connectivity index (χ3v) is 4.83. The van der Waals surface area contributed by atoms with Gasteiger partial charge < -0.3 is 10.6 Å². The molecule has 0 spiro atoms. The molecule has 0 saturated carbocycles. The van der Waals surface area contributed by atoms with Crippen LogP contribution in [0.15, 0.2) is 54.6 Å². The number of hydrogen-bond acceptors (Lipinski definition) is 4. The Morgan fingerprint density at radius 3 is 2.34 bits per heavy atom. The normalized spacial score (nSPS) is 12.8. The molecule has 0 radical (unpaired) electrons. The van der Waals surface area contributed by atoms with E-state index < -0.39 is 6.04 Å². The van der Waals surface area contributed by atoms with Gasteiger partial charge in [0.15, 0.2) is 5.82 Å². The van der Waals surface area contributed by atoms with Gasteiger partial charge in [-0.1, -0.05) is 38.5 Å². The van der Waals surface area contributed by atoms with Crippen molar-refractivity contribution in [3.05, 3.63) is 66.0 Å². The van der Waals surface area contributed by atoms with Gasteiger partial charge >= 0.3 is 0 Å². The Kier molecular flexibility index (Phi) is 6.39. The van der Waals surface area contributed by atoms with Crippen LogP contribution in [0, 0.1) is 12.8 Å². The first-order valence-electron chi connectivity index (χ1n) is 9.64. The van der Waals surface area contributed by atoms with E-state index in [-0.39, 0.29) is 17.7 Å². The van der Waals surface area contributed by atoms with Crippen LogP contribution in [0.2, 0.25) is 0 Å². The average Bonchev–Trinajstić information content (AvgIpc) is 3.18. The summed E-state index contributed by atoms with van der Waals surface area (Å²) < 4.78 is 0. The Balaban J connectivity index is 1.70. The second-order valence-corrected chi connectivity index (χ2v) is 7.01. The van der Waals surface area contributed by atoms with Crippen LogP contribution in [0.5, 0.6) is 0 Å². The topological polar surface area (TPSA) is 99.8 Å². The Hall–Kier alpha value is -3.48. The first-order valence-corrected chi connectivity index (χ1v) is 9.64. The summed E-state index contributed by atoms with van der Waals surface area (Å²) >= 11 is 0. The highest BCUT2D eigenvalue weighted by atomic mass is 16.2. The van der Waals surface area contributed by atoms with Gasteiger partial charge in [0, 0.05) is 16.8 Å². The average molecular weight is 391 g/mol. The van der Waals surface area contributed by atoms with Crippen molar-refractivity contribution in [1.82, 2.24) is 20.5 Å². The molecule has 2 unspecified atom stereocenters. The van der Waals surface area contributed by atoms with E-state index in [2.05, 4.69) is 25.8 Å². The fourth-order valence-electron chi connectivity index (χ4n) is 2.91. The fourth-order valence-corrected chi connectivity index (χ4v) is 2.91. The number of nitrogens with zero attached hydrogens (tertiary/aromatic N) is 2. The van der Waals surface area contributed by atoms with Crippen LogP contribution in [0.25, 0.3) is 11.4 Å². The molecule has 2 aromatic carbocycles. The van der Waals surface area contributed by atoms with Gasteiger partial charge in [-0.2, -0.15) is 5.10 Å². The molecule has 0 aliphatic rings. The van der Waals surface area contributed by atoms with E-state index in [1.807, 2.05) is 39.0 Å². The van der Waals surface area contributed by atoms with Gasteiger partial charge in [-0.3, -0.25) is 14.7 Å². The van der Waals surface area contributed by atoms with Crippen LogP contribution in [-0.2, 0) is 4.79 Å². The van der Waals surface area contributed by atoms with Gasteiger partial charge in [0.05, 0.1) is 0 Å². The summed E-state index contributed by atoms with van der Waals surface area (Å²) in [4.78, 5) is 29.7. The number of aryl methyl sites for hydroxylation is 1. The van der Waals surface area contributed by atoms with E-state index in [1.165, 1.54) is 0 Å². The highest BCUT2D eigenvalue weighted by molar-refractivity contribution is 6.01. The Morgan fingerprint density at radius 2 is 1.76 bits per heavy atom. The molecule has 7 nitrogen and oxygen atoms in total. The lowest BCUT2D eigenvalue weighted by Gasteiger charge is -2.23. The lowest BCUT2D eigenvalue weighted by molar-refractivity contribution is -0.119. The molecule has 3 rings (SSSR count). The largest absolute Gasteiger partial charge is 0.340 e. The molecule has 1 heterocycles. The van der Waals surface area contributed by atoms with Gasteiger partial charge in [0.2, 0.25) is 5.91 Å². The van der Waals surface area contributed by atoms with Gasteiger partial charge in [-0.05, 0) is 49.2 Å². The SMILES string of the molecule is CCC(C)C(NC(=O)c1ccccc1)C(=O)Nc1ccc(-c2n[nH]c(C)n2)cc1. The van der Waals surface area contributed by atoms with E-state index in [9.17, 15) is 9.59 Å². The summed E-state index contributed by atoms with van der Waals surface area (Å²) in [5, 5.41) is 12.7. The predicted molar refractivity (Wildman–Crippen MR) is 112 cm³/mol. The lowest BCUT2D eigenvalue weighted by Crippen LogP contribution is -2.47. The number of benzene rings is 2. The number of hydrogen-bond donors (Lipinski definition) is 3. The monoisotopic (exact) mass is 391 g/mol. The zero-order valence-electron chi connectivity index (χ0n) is 16.8. The van der Waals surface area contributed by atoms with Crippen molar-refractivity contribution in [2.45, 2.75) is 33.2 Å². The number of carbonyl (C=O) groups excluding carboxylic acids is 2. The summed E-state index contributed by atoms with van der Waals surface area (Å²) in [5.41, 5.74) is 2.02. The molecule has 3 aromatic rings. The molecule has 3 N–H and O–H groups in total. The summed E-state index contributed by atoms with van der Waals surface area (Å²) in [5.74, 6) is 0.820. The third-order valence-electron chi connectivity index (χ3n) is 4.83. The molecule has 0 fully saturated rings. The number of H-pyrrole nitrogens is 1. The number of carbonyl (C=O) groups is 2. The minimum atomic E-state index is -0.636. The van der Waals surface area contributed by atoms with Gasteiger partial charge in [-0.15, -0.1) is 0 Å². The van der Waals surface area contributed by atoms with Crippen molar-refractivity contribution in [3.8, 4) is 11.4 Å². The summed E-state index contributed by atoms with van der Waals surface area (Å²) in [6, 6.07) is 15.5. The van der Waals surface area contributed by atoms with E-state index in [0.29, 0.717) is 17.1 Å². The van der Waals surface area contributed by atoms with Crippen LogP contribution in [0.3, 0.4) is 0 Å². The third kappa shape index (κ3) is 5.07. The molecule has 150 valence electrons. The van der Waals surface area contributed by atoms with Crippen molar-refractivity contribution in [1.29, 1.82) is 0 Å². The molecule has 0 saturated heterocycles. The standard InChI is InChI=1S/C22H25N5O2/c1-4-14(2)19(25-21(28)17-8-6-5-7-9-17)22(29)24-18-12-10-16(11-13-18)20-23-15(3)26-27-20/h5-14,19H,4H2,1-3H3,(H,24,29)(H,25,28)(H,23,26,27). The zero-order chi connectivity index (χ0) is 20.8. The van der Waals surface area contributed by atoms with Crippen LogP contribution in [-0.4, -0.2) is 33.0 Å². The Morgan fingerprint density at radius 1 is 1.07 bits per heavy atom. The predicted octanol–water partition coefficient (Wildman–Crippen LogP) is 3.56. The number of amides is 2. The maximum Gasteiger partial charge on any atom is 0.251 e. The highest BCUT2D eigenvalue weighted by Crippen LogP contribution is 2.19. The van der Waals surface area contributed by atoms with Crippen molar-refractivity contribution < 1.29 is 9.59 Å². The molecule has 7 heteroatoms. The first kappa shape index (κ1) is 20.3. The molecule has 2 amide bonds. The maximum absolute atomic E-state index is 12.9. The smallest absolute Gasteiger partial charge is 0.251 e. The van der Waals surface area contributed by atoms with Gasteiger partial charge in [0.25, 0.3) is 5.91 Å². The van der Waals surface area contributed by atoms with Crippen molar-refractivity contribution >= 4 is 17.5 Å². The van der Waals surface area contributed by atoms with Crippen LogP contribution >= 0.6 is 0 Å². The minimum absolute atomic E-state index is 0.0156. The van der Waals surface area contributed by atoms with Crippen LogP contribution in [0.4, 0.5) is 5.69 Å². The van der Waals surface area contributed by atoms with Crippen LogP contribution in [0.1, 0.15) is 36.5 Å². The van der Waals surface area contributed by atoms with Crippen molar-refractivity contribution in [3.63, 3.8) is 0 Å². The number of aromatic nitrogens is 3. The molecule has 0 aliphatic heterocycles. The van der Waals surface area contributed by atoms with Crippen molar-refractivity contribution in [2.75, 3.05) is 5.32 Å². The van der Waals surface area contributed by atoms with Gasteiger partial charge in [0.1, 0.15) is 11.9 Å². The number of rotatable bonds is 7. The highest BCUT2D eigenvalue weighted by Gasteiger charge is 2.26. The quantitative estimate of drug-likeness (QED) is 0.573. The molecule has 0 aliphatic carbocycles. The summed E-state index contributed by atoms with van der Waals surface area (Å²) in [7, 11) is 0. The molecule has 29 heavy (non-hydrogen) atoms. The Bertz CT molecular complexity index is 966. The minimum Gasteiger partial charge on any atom is -0.340 e. The second-order valence-electron chi connectivity index (χ2n) is 7.01. The molecule has 1 aromatic heterocycles. The van der Waals surface area contributed by atoms with Gasteiger partial charge in [-0.25, -0.2) is 4.98 Å². The fraction of sp³-hybridized carbons (Fsp3) is 0.273. The van der Waals surface area contributed by atoms with E-state index in [1.54, 1.807) is 36.4 Å². The summed E-state index contributed by atoms with van der Waals surface area (Å²) in [6.45, 7) is 5.78. The van der Waals surface area contributed by atoms with E-state index in [0.717, 1.165) is 17.8 Å². The zero-order valence-corrected chi connectivity index (χ0v) is 16.8. The molecular weight excluding hydrogens is 366 g/mol. The van der Waals surface area contributed by atoms with E-state index in [4.69, 9.17) is 0 Å². The molecule has 2 atom stereocenters. The first-order chi connectivity index (χ1) is 14.0. The van der Waals surface area contributed by atoms with Crippen LogP contribution < -0.4 is 10.6 Å².